The van der Waals surface area contributed by atoms with Crippen molar-refractivity contribution >= 4 is 21.6 Å². The predicted octanol–water partition coefficient (Wildman–Crippen LogP) is 1.02. The zero-order valence-electron chi connectivity index (χ0n) is 15.3. The molecule has 1 saturated heterocycles. The number of nitro groups is 1. The van der Waals surface area contributed by atoms with Crippen LogP contribution in [0.25, 0.3) is 0 Å². The van der Waals surface area contributed by atoms with Crippen molar-refractivity contribution < 1.29 is 18.1 Å². The van der Waals surface area contributed by atoms with Crippen molar-refractivity contribution in [1.29, 1.82) is 0 Å². The fourth-order valence-corrected chi connectivity index (χ4v) is 4.19. The molecule has 1 aromatic rings. The number of benzene rings is 1. The van der Waals surface area contributed by atoms with Gasteiger partial charge in [-0.05, 0) is 49.9 Å². The molecule has 9 nitrogen and oxygen atoms in total. The maximum Gasteiger partial charge on any atom is 0.269 e. The highest BCUT2D eigenvalue weighted by molar-refractivity contribution is 7.89. The predicted molar refractivity (Wildman–Crippen MR) is 101 cm³/mol. The van der Waals surface area contributed by atoms with Gasteiger partial charge in [0.15, 0.2) is 0 Å². The van der Waals surface area contributed by atoms with Crippen LogP contribution >= 0.6 is 0 Å². The molecule has 0 spiro atoms. The van der Waals surface area contributed by atoms with Gasteiger partial charge in [-0.1, -0.05) is 6.92 Å². The van der Waals surface area contributed by atoms with E-state index in [1.54, 1.807) is 0 Å². The molecule has 1 aliphatic rings. The van der Waals surface area contributed by atoms with Gasteiger partial charge in [0, 0.05) is 31.6 Å². The zero-order valence-corrected chi connectivity index (χ0v) is 16.1. The Kier molecular flexibility index (Phi) is 7.69. The Bertz CT molecular complexity index is 745. The second kappa shape index (κ2) is 9.77. The van der Waals surface area contributed by atoms with E-state index in [0.717, 1.165) is 38.1 Å². The molecule has 0 aliphatic carbocycles. The summed E-state index contributed by atoms with van der Waals surface area (Å²) in [7, 11) is -3.77. The summed E-state index contributed by atoms with van der Waals surface area (Å²) in [5.74, 6) is 0.747. The van der Waals surface area contributed by atoms with Gasteiger partial charge in [0.25, 0.3) is 5.69 Å². The van der Waals surface area contributed by atoms with Gasteiger partial charge in [0.05, 0.1) is 9.82 Å². The number of amides is 1. The van der Waals surface area contributed by atoms with Gasteiger partial charge < -0.3 is 10.6 Å². The smallest absolute Gasteiger partial charge is 0.269 e. The maximum absolute atomic E-state index is 12.1. The average molecular weight is 398 g/mol. The Morgan fingerprint density at radius 3 is 2.48 bits per heavy atom. The summed E-state index contributed by atoms with van der Waals surface area (Å²) in [6, 6.07) is 4.64. The number of carbonyl (C=O) groups excluding carboxylic acids is 1. The van der Waals surface area contributed by atoms with Crippen LogP contribution in [0.15, 0.2) is 29.2 Å². The van der Waals surface area contributed by atoms with Gasteiger partial charge in [-0.2, -0.15) is 0 Å². The average Bonchev–Trinajstić information content (AvgIpc) is 2.66. The summed E-state index contributed by atoms with van der Waals surface area (Å²) in [6.45, 7) is 4.28. The first-order valence-electron chi connectivity index (χ1n) is 9.01. The molecular weight excluding hydrogens is 372 g/mol. The lowest BCUT2D eigenvalue weighted by atomic mass is 9.84. The van der Waals surface area contributed by atoms with E-state index in [-0.39, 0.29) is 29.6 Å². The first kappa shape index (κ1) is 21.3. The highest BCUT2D eigenvalue weighted by Crippen LogP contribution is 2.24. The lowest BCUT2D eigenvalue weighted by Crippen LogP contribution is -2.36. The van der Waals surface area contributed by atoms with Crippen LogP contribution in [0.1, 0.15) is 26.2 Å². The molecule has 27 heavy (non-hydrogen) atoms. The van der Waals surface area contributed by atoms with E-state index in [2.05, 4.69) is 22.3 Å². The quantitative estimate of drug-likeness (QED) is 0.323. The van der Waals surface area contributed by atoms with Gasteiger partial charge in [-0.3, -0.25) is 14.9 Å². The van der Waals surface area contributed by atoms with Crippen molar-refractivity contribution in [3.8, 4) is 0 Å². The third-order valence-electron chi connectivity index (χ3n) is 4.79. The number of carbonyl (C=O) groups is 1. The van der Waals surface area contributed by atoms with E-state index >= 15 is 0 Å². The van der Waals surface area contributed by atoms with E-state index < -0.39 is 14.9 Å². The summed E-state index contributed by atoms with van der Waals surface area (Å²) < 4.78 is 26.7. The minimum absolute atomic E-state index is 0.0484. The van der Waals surface area contributed by atoms with Gasteiger partial charge >= 0.3 is 0 Å². The standard InChI is InChI=1S/C17H26N4O5S/c1-13(14-6-8-18-9-7-14)12-17(22)19-10-11-20-27(25,26)16-4-2-15(3-5-16)21(23)24/h2-5,13-14,18,20H,6-12H2,1H3,(H,19,22). The number of nitrogens with zero attached hydrogens (tertiary/aromatic N) is 1. The Balaban J connectivity index is 1.73. The Hall–Kier alpha value is -2.04. The second-order valence-electron chi connectivity index (χ2n) is 6.77. The highest BCUT2D eigenvalue weighted by atomic mass is 32.2. The van der Waals surface area contributed by atoms with E-state index in [0.29, 0.717) is 18.3 Å². The number of hydrogen-bond donors (Lipinski definition) is 3. The molecule has 2 rings (SSSR count). The van der Waals surface area contributed by atoms with Crippen molar-refractivity contribution in [2.75, 3.05) is 26.2 Å². The number of sulfonamides is 1. The molecule has 0 saturated carbocycles. The molecule has 1 atom stereocenters. The summed E-state index contributed by atoms with van der Waals surface area (Å²) in [5, 5.41) is 16.6. The third kappa shape index (κ3) is 6.56. The van der Waals surface area contributed by atoms with Gasteiger partial charge in [0.2, 0.25) is 15.9 Å². The summed E-state index contributed by atoms with van der Waals surface area (Å²) >= 11 is 0. The van der Waals surface area contributed by atoms with Crippen molar-refractivity contribution in [3.05, 3.63) is 34.4 Å². The topological polar surface area (TPSA) is 130 Å². The molecule has 3 N–H and O–H groups in total. The minimum Gasteiger partial charge on any atom is -0.355 e. The van der Waals surface area contributed by atoms with Crippen molar-refractivity contribution in [2.45, 2.75) is 31.1 Å². The Labute approximate surface area is 159 Å². The maximum atomic E-state index is 12.1. The van der Waals surface area contributed by atoms with E-state index in [1.165, 1.54) is 12.1 Å². The minimum atomic E-state index is -3.77. The molecule has 0 radical (unpaired) electrons. The van der Waals surface area contributed by atoms with Crippen LogP contribution in [0.4, 0.5) is 5.69 Å². The number of nitro benzene ring substituents is 1. The van der Waals surface area contributed by atoms with Crippen LogP contribution in [0.5, 0.6) is 0 Å². The fourth-order valence-electron chi connectivity index (χ4n) is 3.16. The molecule has 10 heteroatoms. The molecule has 1 fully saturated rings. The van der Waals surface area contributed by atoms with Gasteiger partial charge in [-0.25, -0.2) is 13.1 Å². The molecule has 1 aliphatic heterocycles. The molecule has 150 valence electrons. The van der Waals surface area contributed by atoms with Crippen molar-refractivity contribution in [1.82, 2.24) is 15.4 Å². The summed E-state index contributed by atoms with van der Waals surface area (Å²) in [5.41, 5.74) is -0.177. The number of nitrogens with one attached hydrogen (secondary N) is 3. The van der Waals surface area contributed by atoms with Crippen molar-refractivity contribution in [3.63, 3.8) is 0 Å². The van der Waals surface area contributed by atoms with E-state index in [9.17, 15) is 23.3 Å². The van der Waals surface area contributed by atoms with E-state index in [1.807, 2.05) is 0 Å². The van der Waals surface area contributed by atoms with Gasteiger partial charge in [-0.15, -0.1) is 0 Å². The largest absolute Gasteiger partial charge is 0.355 e. The Morgan fingerprint density at radius 2 is 1.89 bits per heavy atom. The Morgan fingerprint density at radius 1 is 1.26 bits per heavy atom. The van der Waals surface area contributed by atoms with Crippen LogP contribution in [-0.2, 0) is 14.8 Å². The zero-order chi connectivity index (χ0) is 19.9. The first-order valence-corrected chi connectivity index (χ1v) is 10.5. The van der Waals surface area contributed by atoms with Crippen LogP contribution < -0.4 is 15.4 Å². The number of piperidine rings is 1. The van der Waals surface area contributed by atoms with Crippen LogP contribution in [0.2, 0.25) is 0 Å². The number of rotatable bonds is 9. The van der Waals surface area contributed by atoms with Crippen molar-refractivity contribution in [2.24, 2.45) is 11.8 Å². The van der Waals surface area contributed by atoms with Crippen LogP contribution in [-0.4, -0.2) is 45.4 Å². The molecule has 1 heterocycles. The van der Waals surface area contributed by atoms with Crippen LogP contribution in [0.3, 0.4) is 0 Å². The summed E-state index contributed by atoms with van der Waals surface area (Å²) in [4.78, 5) is 22.0. The highest BCUT2D eigenvalue weighted by Gasteiger charge is 2.22. The van der Waals surface area contributed by atoms with E-state index in [4.69, 9.17) is 0 Å². The third-order valence-corrected chi connectivity index (χ3v) is 6.27. The lowest BCUT2D eigenvalue weighted by Gasteiger charge is -2.27. The molecule has 1 aromatic carbocycles. The lowest BCUT2D eigenvalue weighted by molar-refractivity contribution is -0.384. The second-order valence-corrected chi connectivity index (χ2v) is 8.53. The first-order chi connectivity index (χ1) is 12.8. The molecule has 1 unspecified atom stereocenters. The molecule has 0 bridgehead atoms. The molecular formula is C17H26N4O5S. The van der Waals surface area contributed by atoms with Crippen LogP contribution in [0, 0.1) is 22.0 Å². The monoisotopic (exact) mass is 398 g/mol. The molecule has 1 amide bonds. The SMILES string of the molecule is CC(CC(=O)NCCNS(=O)(=O)c1ccc([N+](=O)[O-])cc1)C1CCNCC1. The molecule has 0 aromatic heterocycles. The van der Waals surface area contributed by atoms with Gasteiger partial charge in [0.1, 0.15) is 0 Å². The number of hydrogen-bond acceptors (Lipinski definition) is 6. The summed E-state index contributed by atoms with van der Waals surface area (Å²) in [6.07, 6.45) is 2.58. The normalized spacial score (nSPS) is 16.6. The number of non-ortho nitro benzene ring substituents is 1. The fraction of sp³-hybridized carbons (Fsp3) is 0.588.